The molecule has 0 aliphatic carbocycles. The Hall–Kier alpha value is -2.98. The molecule has 98 heavy (non-hydrogen) atoms. The van der Waals surface area contributed by atoms with Crippen LogP contribution in [-0.4, -0.2) is 96.7 Å². The van der Waals surface area contributed by atoms with Gasteiger partial charge in [0.1, 0.15) is 19.3 Å². The number of esters is 4. The molecular weight excluding hydrogens is 1280 g/mol. The Labute approximate surface area is 597 Å². The molecule has 0 aliphatic heterocycles. The number of phosphoric acid groups is 2. The summed E-state index contributed by atoms with van der Waals surface area (Å²) in [7, 11) is -9.94. The van der Waals surface area contributed by atoms with E-state index in [0.29, 0.717) is 25.7 Å². The number of phosphoric ester groups is 2. The van der Waals surface area contributed by atoms with Gasteiger partial charge in [-0.05, 0) is 109 Å². The molecule has 0 saturated heterocycles. The molecule has 17 nitrogen and oxygen atoms in total. The largest absolute Gasteiger partial charge is 0.472 e. The summed E-state index contributed by atoms with van der Waals surface area (Å²) >= 11 is 0. The third-order valence-corrected chi connectivity index (χ3v) is 19.2. The van der Waals surface area contributed by atoms with E-state index in [9.17, 15) is 43.2 Å². The third kappa shape index (κ3) is 71.4. The maximum atomic E-state index is 13.1. The average molecular weight is 1430 g/mol. The molecule has 5 atom stereocenters. The van der Waals surface area contributed by atoms with Crippen LogP contribution in [0.25, 0.3) is 0 Å². The van der Waals surface area contributed by atoms with Gasteiger partial charge in [-0.15, -0.1) is 0 Å². The Balaban J connectivity index is 5.32. The highest BCUT2D eigenvalue weighted by atomic mass is 31.2. The Morgan fingerprint density at radius 1 is 0.286 bits per heavy atom. The van der Waals surface area contributed by atoms with Crippen molar-refractivity contribution in [3.8, 4) is 0 Å². The molecule has 0 aromatic rings. The molecule has 0 amide bonds. The third-order valence-electron chi connectivity index (χ3n) is 17.3. The number of hydrogen-bond donors (Lipinski definition) is 3. The molecule has 3 N–H and O–H groups in total. The first kappa shape index (κ1) is 95.0. The van der Waals surface area contributed by atoms with E-state index in [0.717, 1.165) is 148 Å². The minimum atomic E-state index is -4.97. The molecule has 0 aromatic carbocycles. The highest BCUT2D eigenvalue weighted by molar-refractivity contribution is 7.47. The van der Waals surface area contributed by atoms with Crippen LogP contribution in [0.2, 0.25) is 0 Å². The molecule has 574 valence electrons. The zero-order chi connectivity index (χ0) is 71.8. The maximum absolute atomic E-state index is 13.1. The zero-order valence-electron chi connectivity index (χ0n) is 62.7. The predicted molar refractivity (Wildman–Crippen MR) is 400 cm³/mol. The molecule has 2 unspecified atom stereocenters. The van der Waals surface area contributed by atoms with Crippen LogP contribution in [0, 0.1) is 0 Å². The summed E-state index contributed by atoms with van der Waals surface area (Å²) in [5.41, 5.74) is 0. The quantitative estimate of drug-likeness (QED) is 0.0169. The van der Waals surface area contributed by atoms with Crippen molar-refractivity contribution in [2.45, 2.75) is 393 Å². The van der Waals surface area contributed by atoms with E-state index in [1.54, 1.807) is 0 Å². The molecule has 0 radical (unpaired) electrons. The summed E-state index contributed by atoms with van der Waals surface area (Å²) < 4.78 is 68.6. The van der Waals surface area contributed by atoms with Crippen molar-refractivity contribution in [1.29, 1.82) is 0 Å². The Bertz CT molecular complexity index is 2050. The molecule has 0 aliphatic rings. The van der Waals surface area contributed by atoms with E-state index in [2.05, 4.69) is 76.3 Å². The van der Waals surface area contributed by atoms with Gasteiger partial charge in [-0.1, -0.05) is 288 Å². The van der Waals surface area contributed by atoms with Crippen LogP contribution < -0.4 is 0 Å². The van der Waals surface area contributed by atoms with Crippen LogP contribution >= 0.6 is 15.6 Å². The summed E-state index contributed by atoms with van der Waals surface area (Å²) in [6.45, 7) is 4.88. The first-order valence-electron chi connectivity index (χ1n) is 39.9. The molecule has 0 fully saturated rings. The van der Waals surface area contributed by atoms with Crippen LogP contribution in [-0.2, 0) is 65.4 Å². The van der Waals surface area contributed by atoms with E-state index in [4.69, 9.17) is 37.0 Å². The smallest absolute Gasteiger partial charge is 0.462 e. The Morgan fingerprint density at radius 2 is 0.500 bits per heavy atom. The number of carbonyl (C=O) groups excluding carboxylic acids is 4. The number of aliphatic hydroxyl groups excluding tert-OH is 1. The highest BCUT2D eigenvalue weighted by Crippen LogP contribution is 2.45. The van der Waals surface area contributed by atoms with Crippen molar-refractivity contribution in [3.05, 3.63) is 48.6 Å². The van der Waals surface area contributed by atoms with E-state index < -0.39 is 97.5 Å². The van der Waals surface area contributed by atoms with Crippen LogP contribution in [0.15, 0.2) is 48.6 Å². The van der Waals surface area contributed by atoms with Gasteiger partial charge in [-0.2, -0.15) is 0 Å². The van der Waals surface area contributed by atoms with Crippen LogP contribution in [0.3, 0.4) is 0 Å². The highest BCUT2D eigenvalue weighted by Gasteiger charge is 2.30. The van der Waals surface area contributed by atoms with Gasteiger partial charge in [0, 0.05) is 25.7 Å². The van der Waals surface area contributed by atoms with Crippen molar-refractivity contribution in [1.82, 2.24) is 0 Å². The van der Waals surface area contributed by atoms with Gasteiger partial charge in [0.2, 0.25) is 0 Å². The second-order valence-electron chi connectivity index (χ2n) is 27.0. The summed E-state index contributed by atoms with van der Waals surface area (Å²) in [5, 5.41) is 10.6. The number of rotatable bonds is 76. The number of hydrogen-bond acceptors (Lipinski definition) is 15. The van der Waals surface area contributed by atoms with Gasteiger partial charge < -0.3 is 33.8 Å². The van der Waals surface area contributed by atoms with Crippen molar-refractivity contribution < 1.29 is 80.2 Å². The first-order valence-corrected chi connectivity index (χ1v) is 42.9. The molecule has 0 heterocycles. The van der Waals surface area contributed by atoms with Gasteiger partial charge in [0.05, 0.1) is 26.4 Å². The normalized spacial score (nSPS) is 14.2. The molecule has 0 bridgehead atoms. The predicted octanol–water partition coefficient (Wildman–Crippen LogP) is 22.9. The first-order chi connectivity index (χ1) is 47.7. The zero-order valence-corrected chi connectivity index (χ0v) is 64.5. The number of carbonyl (C=O) groups is 4. The molecule has 0 spiro atoms. The Kier molecular flexibility index (Phi) is 70.2. The number of unbranched alkanes of at least 4 members (excludes halogenated alkanes) is 42. The lowest BCUT2D eigenvalue weighted by Gasteiger charge is -2.21. The monoisotopic (exact) mass is 1430 g/mol. The maximum Gasteiger partial charge on any atom is 0.472 e. The van der Waals surface area contributed by atoms with Crippen molar-refractivity contribution in [2.24, 2.45) is 0 Å². The number of ether oxygens (including phenoxy) is 4. The Morgan fingerprint density at radius 3 is 0.796 bits per heavy atom. The van der Waals surface area contributed by atoms with Gasteiger partial charge in [0.25, 0.3) is 0 Å². The van der Waals surface area contributed by atoms with Crippen LogP contribution in [0.4, 0.5) is 0 Å². The van der Waals surface area contributed by atoms with Crippen LogP contribution in [0.1, 0.15) is 374 Å². The minimum Gasteiger partial charge on any atom is -0.462 e. The molecule has 0 aromatic heterocycles. The summed E-state index contributed by atoms with van der Waals surface area (Å²) in [4.78, 5) is 72.9. The van der Waals surface area contributed by atoms with Gasteiger partial charge >= 0.3 is 39.5 Å². The fraction of sp³-hybridized carbons (Fsp3) is 0.848. The van der Waals surface area contributed by atoms with Crippen molar-refractivity contribution >= 4 is 39.5 Å². The lowest BCUT2D eigenvalue weighted by Crippen LogP contribution is -2.30. The molecule has 0 rings (SSSR count). The van der Waals surface area contributed by atoms with E-state index >= 15 is 0 Å². The SMILES string of the molecule is CCCCC/C=C\C/C=C\CCCCCCCC(=O)OC[C@H](COP(=O)(O)OC[C@@H](O)COP(=O)(O)OC[C@@H](COC(=O)CCCCCCCCC/C=C\CCCCCC)OC(=O)CCCCCCCCCCCCCCC)OC(=O)CCCCCCC/C=C\CCCCCCCC. The lowest BCUT2D eigenvalue weighted by atomic mass is 10.0. The molecule has 19 heteroatoms. The van der Waals surface area contributed by atoms with E-state index in [1.165, 1.54) is 148 Å². The number of aliphatic hydroxyl groups is 1. The second kappa shape index (κ2) is 72.4. The van der Waals surface area contributed by atoms with Gasteiger partial charge in [-0.3, -0.25) is 37.3 Å². The summed E-state index contributed by atoms with van der Waals surface area (Å²) in [6, 6.07) is 0. The minimum absolute atomic E-state index is 0.0870. The second-order valence-corrected chi connectivity index (χ2v) is 29.9. The molecular formula is C79H146O17P2. The standard InChI is InChI=1S/C79H146O17P2/c1-5-9-13-17-21-25-29-33-36-40-43-47-51-55-59-63-76(81)89-69-74(95-78(83)65-61-57-53-49-45-39-32-28-24-20-16-12-8-4)71-93-97(85,86)91-67-73(80)68-92-98(87,88)94-72-75(96-79(84)66-62-58-54-50-46-42-38-35-31-27-23-19-15-11-7-3)70-90-77(82)64-60-56-52-48-44-41-37-34-30-26-22-18-14-10-6-2/h22,25-26,29,34-35,37-38,73-75,80H,5-21,23-24,27-28,30-33,36,39-72H2,1-4H3,(H,85,86)(H,87,88)/b26-22-,29-25-,37-34-,38-35-/t73-,74+,75+/m0/s1. The molecule has 0 saturated carbocycles. The average Bonchev–Trinajstić information content (AvgIpc) is 1.04. The van der Waals surface area contributed by atoms with Gasteiger partial charge in [0.15, 0.2) is 12.2 Å². The van der Waals surface area contributed by atoms with E-state index in [-0.39, 0.29) is 25.7 Å². The van der Waals surface area contributed by atoms with Crippen LogP contribution in [0.5, 0.6) is 0 Å². The van der Waals surface area contributed by atoms with Crippen molar-refractivity contribution in [2.75, 3.05) is 39.6 Å². The summed E-state index contributed by atoms with van der Waals surface area (Å²) in [5.74, 6) is -2.17. The van der Waals surface area contributed by atoms with Gasteiger partial charge in [-0.25, -0.2) is 9.13 Å². The fourth-order valence-electron chi connectivity index (χ4n) is 11.1. The van der Waals surface area contributed by atoms with Crippen molar-refractivity contribution in [3.63, 3.8) is 0 Å². The topological polar surface area (TPSA) is 237 Å². The fourth-order valence-corrected chi connectivity index (χ4v) is 12.7. The lowest BCUT2D eigenvalue weighted by molar-refractivity contribution is -0.161. The van der Waals surface area contributed by atoms with E-state index in [1.807, 2.05) is 0 Å². The number of allylic oxidation sites excluding steroid dienone is 8. The summed E-state index contributed by atoms with van der Waals surface area (Å²) in [6.07, 6.45) is 69.4.